The first-order valence-corrected chi connectivity index (χ1v) is 10.7. The molecule has 4 rings (SSSR count). The van der Waals surface area contributed by atoms with Crippen LogP contribution in [0, 0.1) is 28.6 Å². The van der Waals surface area contributed by atoms with Gasteiger partial charge in [0.05, 0.1) is 6.10 Å². The molecule has 3 N–H and O–H groups in total. The number of allylic oxidation sites excluding steroid dienone is 4. The molecule has 0 unspecified atom stereocenters. The first-order chi connectivity index (χ1) is 13.5. The zero-order chi connectivity index (χ0) is 21.4. The number of halogens is 1. The van der Waals surface area contributed by atoms with Gasteiger partial charge in [0.25, 0.3) is 0 Å². The van der Waals surface area contributed by atoms with Crippen LogP contribution < -0.4 is 0 Å². The summed E-state index contributed by atoms with van der Waals surface area (Å²) in [5.41, 5.74) is -5.16. The fourth-order valence-corrected chi connectivity index (χ4v) is 7.51. The predicted molar refractivity (Wildman–Crippen MR) is 105 cm³/mol. The molecule has 4 aliphatic carbocycles. The third-order valence-electron chi connectivity index (χ3n) is 9.09. The van der Waals surface area contributed by atoms with E-state index >= 15 is 4.39 Å². The average Bonchev–Trinajstić information content (AvgIpc) is 2.91. The summed E-state index contributed by atoms with van der Waals surface area (Å²) in [5.74, 6) is -2.04. The molecule has 0 bridgehead atoms. The number of alkyl halides is 1. The molecule has 29 heavy (non-hydrogen) atoms. The van der Waals surface area contributed by atoms with Gasteiger partial charge in [0, 0.05) is 16.7 Å². The molecule has 4 aliphatic rings. The van der Waals surface area contributed by atoms with E-state index in [9.17, 15) is 24.9 Å². The van der Waals surface area contributed by atoms with E-state index in [1.165, 1.54) is 12.2 Å². The quantitative estimate of drug-likeness (QED) is 0.669. The predicted octanol–water partition coefficient (Wildman–Crippen LogP) is 2.29. The summed E-state index contributed by atoms with van der Waals surface area (Å²) in [7, 11) is 0. The lowest BCUT2D eigenvalue weighted by Crippen LogP contribution is -2.69. The van der Waals surface area contributed by atoms with Gasteiger partial charge in [-0.2, -0.15) is 0 Å². The molecule has 5 nitrogen and oxygen atoms in total. The lowest BCUT2D eigenvalue weighted by atomic mass is 9.44. The second-order valence-corrected chi connectivity index (χ2v) is 9.95. The molecule has 0 heterocycles. The second-order valence-electron chi connectivity index (χ2n) is 9.95. The average molecular weight is 406 g/mol. The molecule has 0 saturated heterocycles. The number of aliphatic hydroxyl groups is 3. The van der Waals surface area contributed by atoms with Crippen molar-refractivity contribution in [1.29, 1.82) is 0 Å². The Morgan fingerprint density at radius 1 is 1.31 bits per heavy atom. The first kappa shape index (κ1) is 20.9. The Balaban J connectivity index is 1.84. The molecule has 8 atom stereocenters. The van der Waals surface area contributed by atoms with E-state index in [4.69, 9.17) is 0 Å². The van der Waals surface area contributed by atoms with E-state index in [1.54, 1.807) is 19.9 Å². The van der Waals surface area contributed by atoms with Crippen LogP contribution in [0.4, 0.5) is 4.39 Å². The normalized spacial score (nSPS) is 51.1. The minimum atomic E-state index is -1.98. The largest absolute Gasteiger partial charge is 0.390 e. The molecule has 0 aromatic rings. The summed E-state index contributed by atoms with van der Waals surface area (Å²) in [4.78, 5) is 24.6. The molecular weight excluding hydrogens is 375 g/mol. The minimum Gasteiger partial charge on any atom is -0.390 e. The number of carbonyl (C=O) groups is 2. The van der Waals surface area contributed by atoms with Gasteiger partial charge < -0.3 is 15.3 Å². The lowest BCUT2D eigenvalue weighted by molar-refractivity contribution is -0.220. The summed E-state index contributed by atoms with van der Waals surface area (Å²) < 4.78 is 17.0. The molecule has 0 aromatic heterocycles. The van der Waals surface area contributed by atoms with E-state index in [2.05, 4.69) is 0 Å². The summed E-state index contributed by atoms with van der Waals surface area (Å²) in [6, 6.07) is 0. The Hall–Kier alpha value is -1.37. The molecule has 0 spiro atoms. The number of hydrogen-bond donors (Lipinski definition) is 3. The van der Waals surface area contributed by atoms with Crippen LogP contribution in [0.1, 0.15) is 52.9 Å². The fraction of sp³-hybridized carbons (Fsp3) is 0.739. The van der Waals surface area contributed by atoms with Crippen molar-refractivity contribution in [1.82, 2.24) is 0 Å². The van der Waals surface area contributed by atoms with E-state index in [1.807, 2.05) is 6.92 Å². The van der Waals surface area contributed by atoms with Gasteiger partial charge in [0.2, 0.25) is 0 Å². The van der Waals surface area contributed by atoms with Crippen LogP contribution in [0.15, 0.2) is 23.8 Å². The molecule has 160 valence electrons. The third kappa shape index (κ3) is 2.26. The van der Waals surface area contributed by atoms with Gasteiger partial charge in [0.15, 0.2) is 17.2 Å². The van der Waals surface area contributed by atoms with Crippen molar-refractivity contribution in [3.63, 3.8) is 0 Å². The molecule has 0 aromatic carbocycles. The van der Waals surface area contributed by atoms with E-state index in [-0.39, 0.29) is 24.0 Å². The Labute approximate surface area is 170 Å². The van der Waals surface area contributed by atoms with Gasteiger partial charge in [-0.05, 0) is 56.6 Å². The zero-order valence-corrected chi connectivity index (χ0v) is 17.3. The minimum absolute atomic E-state index is 0.0614. The fourth-order valence-electron chi connectivity index (χ4n) is 7.51. The summed E-state index contributed by atoms with van der Waals surface area (Å²) in [5, 5.41) is 32.3. The highest BCUT2D eigenvalue weighted by Gasteiger charge is 2.75. The topological polar surface area (TPSA) is 94.8 Å². The van der Waals surface area contributed by atoms with Gasteiger partial charge in [-0.15, -0.1) is 0 Å². The van der Waals surface area contributed by atoms with Crippen molar-refractivity contribution >= 4 is 11.6 Å². The van der Waals surface area contributed by atoms with Crippen molar-refractivity contribution in [2.75, 3.05) is 6.61 Å². The highest BCUT2D eigenvalue weighted by atomic mass is 19.1. The number of fused-ring (bicyclic) bond motifs is 5. The van der Waals surface area contributed by atoms with Crippen LogP contribution in [-0.2, 0) is 9.59 Å². The smallest absolute Gasteiger partial charge is 0.190 e. The highest BCUT2D eigenvalue weighted by Crippen LogP contribution is 2.71. The van der Waals surface area contributed by atoms with Gasteiger partial charge >= 0.3 is 0 Å². The highest BCUT2D eigenvalue weighted by molar-refractivity contribution is 6.01. The molecule has 3 saturated carbocycles. The van der Waals surface area contributed by atoms with Gasteiger partial charge in [-0.1, -0.05) is 31.9 Å². The Morgan fingerprint density at radius 3 is 2.62 bits per heavy atom. The van der Waals surface area contributed by atoms with Crippen LogP contribution in [-0.4, -0.2) is 50.9 Å². The number of carbonyl (C=O) groups excluding carboxylic acids is 2. The van der Waals surface area contributed by atoms with Crippen LogP contribution in [0.25, 0.3) is 0 Å². The summed E-state index contributed by atoms with van der Waals surface area (Å²) >= 11 is 0. The van der Waals surface area contributed by atoms with Crippen LogP contribution >= 0.6 is 0 Å². The molecule has 0 aliphatic heterocycles. The maximum Gasteiger partial charge on any atom is 0.190 e. The summed E-state index contributed by atoms with van der Waals surface area (Å²) in [6.45, 7) is 4.64. The van der Waals surface area contributed by atoms with E-state index in [0.29, 0.717) is 31.3 Å². The lowest BCUT2D eigenvalue weighted by Gasteiger charge is -2.62. The van der Waals surface area contributed by atoms with Gasteiger partial charge in [-0.3, -0.25) is 9.59 Å². The molecule has 6 heteroatoms. The van der Waals surface area contributed by atoms with Crippen LogP contribution in [0.3, 0.4) is 0 Å². The van der Waals surface area contributed by atoms with Crippen molar-refractivity contribution in [3.8, 4) is 0 Å². The number of aliphatic hydroxyl groups excluding tert-OH is 2. The third-order valence-corrected chi connectivity index (χ3v) is 9.09. The Morgan fingerprint density at radius 2 is 2.00 bits per heavy atom. The number of Topliss-reactive ketones (excluding diaryl/α,β-unsaturated/α-hetero) is 1. The van der Waals surface area contributed by atoms with Gasteiger partial charge in [0.1, 0.15) is 12.2 Å². The van der Waals surface area contributed by atoms with Gasteiger partial charge in [-0.25, -0.2) is 4.39 Å². The van der Waals surface area contributed by atoms with E-state index in [0.717, 1.165) is 0 Å². The summed E-state index contributed by atoms with van der Waals surface area (Å²) in [6.07, 6.45) is 5.03. The molecule has 0 radical (unpaired) electrons. The zero-order valence-electron chi connectivity index (χ0n) is 17.3. The van der Waals surface area contributed by atoms with Crippen LogP contribution in [0.5, 0.6) is 0 Å². The van der Waals surface area contributed by atoms with Crippen molar-refractivity contribution in [2.24, 2.45) is 28.6 Å². The first-order valence-electron chi connectivity index (χ1n) is 10.7. The molecular formula is C23H31FO5. The van der Waals surface area contributed by atoms with Crippen molar-refractivity contribution in [2.45, 2.75) is 70.2 Å². The Kier molecular flexibility index (Phi) is 4.55. The number of ketones is 2. The van der Waals surface area contributed by atoms with E-state index < -0.39 is 46.5 Å². The van der Waals surface area contributed by atoms with Crippen molar-refractivity contribution < 1.29 is 29.3 Å². The molecule has 3 fully saturated rings. The standard InChI is InChI=1S/C23H31FO5/c1-4-13-10-17-16-6-5-14-9-15(26)7-8-20(14,2)22(16,24)18(27)11-21(17,3)23(13,29)19(28)12-25/h7-9,13,16-18,25,27,29H,4-6,10-12H2,1-3H3/t13-,16+,17+,18+,20+,21+,22+,23+/m1/s1. The second kappa shape index (κ2) is 6.32. The van der Waals surface area contributed by atoms with Crippen LogP contribution in [0.2, 0.25) is 0 Å². The maximum absolute atomic E-state index is 17.0. The molecule has 0 amide bonds. The van der Waals surface area contributed by atoms with Crippen molar-refractivity contribution in [3.05, 3.63) is 23.8 Å². The number of rotatable bonds is 3. The Bertz CT molecular complexity index is 820. The SMILES string of the molecule is CC[C@@H]1C[C@H]2[C@@H]3CCC4=CC(=O)C=C[C@]4(C)[C@@]3(F)[C@@H](O)C[C@]2(C)[C@@]1(O)C(=O)CO. The maximum atomic E-state index is 17.0. The monoisotopic (exact) mass is 406 g/mol. The number of hydrogen-bond acceptors (Lipinski definition) is 5.